The van der Waals surface area contributed by atoms with Gasteiger partial charge in [-0.3, -0.25) is 4.79 Å². The molecule has 0 aromatic heterocycles. The molecule has 1 amide bonds. The summed E-state index contributed by atoms with van der Waals surface area (Å²) in [5, 5.41) is 2.90. The zero-order valence-corrected chi connectivity index (χ0v) is 10.0. The van der Waals surface area contributed by atoms with Crippen molar-refractivity contribution in [1.82, 2.24) is 0 Å². The highest BCUT2D eigenvalue weighted by Crippen LogP contribution is 2.28. The molecule has 0 atom stereocenters. The van der Waals surface area contributed by atoms with E-state index < -0.39 is 0 Å². The van der Waals surface area contributed by atoms with E-state index in [0.717, 1.165) is 31.4 Å². The summed E-state index contributed by atoms with van der Waals surface area (Å²) in [6.45, 7) is 0. The molecule has 1 aromatic rings. The summed E-state index contributed by atoms with van der Waals surface area (Å²) < 4.78 is 5.07. The first-order valence-corrected chi connectivity index (χ1v) is 5.95. The SMILES string of the molecule is COc1ccc(NC(=O)C2CCCC2)cc1N. The van der Waals surface area contributed by atoms with Crippen molar-refractivity contribution in [3.63, 3.8) is 0 Å². The van der Waals surface area contributed by atoms with Crippen molar-refractivity contribution in [2.75, 3.05) is 18.2 Å². The number of nitrogen functional groups attached to an aromatic ring is 1. The number of rotatable bonds is 3. The number of ether oxygens (including phenoxy) is 1. The van der Waals surface area contributed by atoms with Crippen LogP contribution in [0.3, 0.4) is 0 Å². The Balaban J connectivity index is 2.03. The molecule has 92 valence electrons. The molecular formula is C13H18N2O2. The van der Waals surface area contributed by atoms with E-state index in [2.05, 4.69) is 5.32 Å². The molecule has 3 N–H and O–H groups in total. The van der Waals surface area contributed by atoms with Crippen LogP contribution < -0.4 is 15.8 Å². The Kier molecular flexibility index (Phi) is 3.52. The van der Waals surface area contributed by atoms with E-state index in [9.17, 15) is 4.79 Å². The van der Waals surface area contributed by atoms with Gasteiger partial charge in [0.15, 0.2) is 0 Å². The van der Waals surface area contributed by atoms with Crippen LogP contribution in [0.2, 0.25) is 0 Å². The van der Waals surface area contributed by atoms with Gasteiger partial charge in [0.1, 0.15) is 5.75 Å². The van der Waals surface area contributed by atoms with E-state index in [1.807, 2.05) is 6.07 Å². The van der Waals surface area contributed by atoms with Gasteiger partial charge in [0, 0.05) is 11.6 Å². The number of amides is 1. The lowest BCUT2D eigenvalue weighted by Crippen LogP contribution is -2.20. The maximum atomic E-state index is 11.9. The molecule has 2 rings (SSSR count). The average molecular weight is 234 g/mol. The van der Waals surface area contributed by atoms with Crippen molar-refractivity contribution in [2.24, 2.45) is 5.92 Å². The second-order valence-corrected chi connectivity index (χ2v) is 4.43. The molecule has 0 bridgehead atoms. The summed E-state index contributed by atoms with van der Waals surface area (Å²) in [4.78, 5) is 11.9. The Morgan fingerprint density at radius 2 is 2.12 bits per heavy atom. The Morgan fingerprint density at radius 1 is 1.41 bits per heavy atom. The predicted molar refractivity (Wildman–Crippen MR) is 68.0 cm³/mol. The fourth-order valence-corrected chi connectivity index (χ4v) is 2.24. The molecule has 0 aliphatic heterocycles. The average Bonchev–Trinajstić information content (AvgIpc) is 2.82. The molecule has 1 aliphatic rings. The lowest BCUT2D eigenvalue weighted by Gasteiger charge is -2.12. The minimum absolute atomic E-state index is 0.104. The van der Waals surface area contributed by atoms with E-state index in [1.165, 1.54) is 0 Å². The van der Waals surface area contributed by atoms with E-state index in [4.69, 9.17) is 10.5 Å². The zero-order valence-electron chi connectivity index (χ0n) is 10.0. The normalized spacial score (nSPS) is 15.8. The van der Waals surface area contributed by atoms with Crippen molar-refractivity contribution in [3.05, 3.63) is 18.2 Å². The largest absolute Gasteiger partial charge is 0.495 e. The van der Waals surface area contributed by atoms with Crippen LogP contribution in [0, 0.1) is 5.92 Å². The van der Waals surface area contributed by atoms with Crippen molar-refractivity contribution in [1.29, 1.82) is 0 Å². The first-order valence-electron chi connectivity index (χ1n) is 5.95. The highest BCUT2D eigenvalue weighted by atomic mass is 16.5. The quantitative estimate of drug-likeness (QED) is 0.789. The predicted octanol–water partition coefficient (Wildman–Crippen LogP) is 2.41. The van der Waals surface area contributed by atoms with Gasteiger partial charge in [0.25, 0.3) is 0 Å². The molecular weight excluding hydrogens is 216 g/mol. The number of hydrogen-bond acceptors (Lipinski definition) is 3. The Labute approximate surface area is 101 Å². The summed E-state index contributed by atoms with van der Waals surface area (Å²) in [7, 11) is 1.57. The van der Waals surface area contributed by atoms with Gasteiger partial charge < -0.3 is 15.8 Å². The van der Waals surface area contributed by atoms with Gasteiger partial charge in [-0.1, -0.05) is 12.8 Å². The van der Waals surface area contributed by atoms with Crippen molar-refractivity contribution < 1.29 is 9.53 Å². The summed E-state index contributed by atoms with van der Waals surface area (Å²) in [6, 6.07) is 5.30. The Hall–Kier alpha value is -1.71. The van der Waals surface area contributed by atoms with Crippen molar-refractivity contribution in [3.8, 4) is 5.75 Å². The molecule has 0 saturated heterocycles. The third-order valence-electron chi connectivity index (χ3n) is 3.22. The minimum Gasteiger partial charge on any atom is -0.495 e. The first kappa shape index (κ1) is 11.8. The van der Waals surface area contributed by atoms with E-state index in [1.54, 1.807) is 19.2 Å². The van der Waals surface area contributed by atoms with Gasteiger partial charge in [0.05, 0.1) is 12.8 Å². The molecule has 1 aromatic carbocycles. The van der Waals surface area contributed by atoms with Gasteiger partial charge >= 0.3 is 0 Å². The fraction of sp³-hybridized carbons (Fsp3) is 0.462. The molecule has 0 radical (unpaired) electrons. The van der Waals surface area contributed by atoms with Crippen LogP contribution >= 0.6 is 0 Å². The number of carbonyl (C=O) groups excluding carboxylic acids is 1. The zero-order chi connectivity index (χ0) is 12.3. The number of anilines is 2. The number of hydrogen-bond donors (Lipinski definition) is 2. The molecule has 1 fully saturated rings. The van der Waals surface area contributed by atoms with Crippen LogP contribution in [0.15, 0.2) is 18.2 Å². The lowest BCUT2D eigenvalue weighted by atomic mass is 10.1. The number of nitrogens with one attached hydrogen (secondary N) is 1. The second kappa shape index (κ2) is 5.08. The van der Waals surface area contributed by atoms with Crippen molar-refractivity contribution >= 4 is 17.3 Å². The molecule has 0 unspecified atom stereocenters. The number of benzene rings is 1. The van der Waals surface area contributed by atoms with Crippen molar-refractivity contribution in [2.45, 2.75) is 25.7 Å². The smallest absolute Gasteiger partial charge is 0.227 e. The number of nitrogens with two attached hydrogens (primary N) is 1. The number of methoxy groups -OCH3 is 1. The summed E-state index contributed by atoms with van der Waals surface area (Å²) in [6.07, 6.45) is 4.31. The summed E-state index contributed by atoms with van der Waals surface area (Å²) >= 11 is 0. The van der Waals surface area contributed by atoms with Crippen LogP contribution in [-0.2, 0) is 4.79 Å². The van der Waals surface area contributed by atoms with Gasteiger partial charge in [-0.2, -0.15) is 0 Å². The molecule has 0 heterocycles. The van der Waals surface area contributed by atoms with E-state index in [0.29, 0.717) is 11.4 Å². The third-order valence-corrected chi connectivity index (χ3v) is 3.22. The maximum absolute atomic E-state index is 11.9. The third kappa shape index (κ3) is 2.70. The van der Waals surface area contributed by atoms with Gasteiger partial charge in [-0.15, -0.1) is 0 Å². The number of carbonyl (C=O) groups is 1. The molecule has 4 nitrogen and oxygen atoms in total. The Morgan fingerprint density at radius 3 is 2.71 bits per heavy atom. The molecule has 1 saturated carbocycles. The standard InChI is InChI=1S/C13H18N2O2/c1-17-12-7-6-10(8-11(12)14)15-13(16)9-4-2-3-5-9/h6-9H,2-5,14H2,1H3,(H,15,16). The van der Waals surface area contributed by atoms with Crippen LogP contribution in [0.25, 0.3) is 0 Å². The molecule has 4 heteroatoms. The van der Waals surface area contributed by atoms with Crippen LogP contribution in [0.1, 0.15) is 25.7 Å². The topological polar surface area (TPSA) is 64.3 Å². The highest BCUT2D eigenvalue weighted by Gasteiger charge is 2.22. The lowest BCUT2D eigenvalue weighted by molar-refractivity contribution is -0.119. The second-order valence-electron chi connectivity index (χ2n) is 4.43. The van der Waals surface area contributed by atoms with Gasteiger partial charge in [-0.05, 0) is 31.0 Å². The maximum Gasteiger partial charge on any atom is 0.227 e. The minimum atomic E-state index is 0.104. The first-order chi connectivity index (χ1) is 8.20. The molecule has 0 spiro atoms. The Bertz CT molecular complexity index is 412. The van der Waals surface area contributed by atoms with Gasteiger partial charge in [-0.25, -0.2) is 0 Å². The summed E-state index contributed by atoms with van der Waals surface area (Å²) in [5.41, 5.74) is 7.06. The van der Waals surface area contributed by atoms with E-state index in [-0.39, 0.29) is 11.8 Å². The van der Waals surface area contributed by atoms with Crippen LogP contribution in [0.5, 0.6) is 5.75 Å². The molecule has 17 heavy (non-hydrogen) atoms. The van der Waals surface area contributed by atoms with E-state index >= 15 is 0 Å². The highest BCUT2D eigenvalue weighted by molar-refractivity contribution is 5.93. The monoisotopic (exact) mass is 234 g/mol. The molecule has 1 aliphatic carbocycles. The fourth-order valence-electron chi connectivity index (χ4n) is 2.24. The van der Waals surface area contributed by atoms with Crippen LogP contribution in [-0.4, -0.2) is 13.0 Å². The van der Waals surface area contributed by atoms with Crippen LogP contribution in [0.4, 0.5) is 11.4 Å². The summed E-state index contributed by atoms with van der Waals surface area (Å²) in [5.74, 6) is 0.897. The van der Waals surface area contributed by atoms with Gasteiger partial charge in [0.2, 0.25) is 5.91 Å².